The number of oxazole rings is 1. The quantitative estimate of drug-likeness (QED) is 0.630. The van der Waals surface area contributed by atoms with Crippen LogP contribution < -0.4 is 10.6 Å². The summed E-state index contributed by atoms with van der Waals surface area (Å²) in [5, 5.41) is 5.99. The van der Waals surface area contributed by atoms with E-state index in [1.807, 2.05) is 44.2 Å². The number of rotatable bonds is 5. The summed E-state index contributed by atoms with van der Waals surface area (Å²) < 4.78 is 5.92. The largest absolute Gasteiger partial charge is 0.440 e. The molecule has 0 aliphatic carbocycles. The fourth-order valence-corrected chi connectivity index (χ4v) is 3.19. The topological polar surface area (TPSA) is 67.2 Å². The lowest BCUT2D eigenvalue weighted by atomic mass is 10.1. The normalized spacial score (nSPS) is 10.8. The molecule has 1 amide bonds. The zero-order valence-corrected chi connectivity index (χ0v) is 16.6. The van der Waals surface area contributed by atoms with E-state index in [2.05, 4.69) is 28.6 Å². The summed E-state index contributed by atoms with van der Waals surface area (Å²) in [6, 6.07) is 12.0. The Balaban J connectivity index is 1.65. The lowest BCUT2D eigenvalue weighted by molar-refractivity contribution is -0.119. The minimum Gasteiger partial charge on any atom is -0.440 e. The van der Waals surface area contributed by atoms with Crippen molar-refractivity contribution in [3.63, 3.8) is 0 Å². The summed E-state index contributed by atoms with van der Waals surface area (Å²) in [4.78, 5) is 16.2. The van der Waals surface area contributed by atoms with E-state index in [4.69, 9.17) is 16.6 Å². The highest BCUT2D eigenvalue weighted by Crippen LogP contribution is 2.23. The van der Waals surface area contributed by atoms with Crippen molar-refractivity contribution >= 4 is 40.0 Å². The highest BCUT2D eigenvalue weighted by molar-refractivity contribution is 7.80. The number of aryl methyl sites for hydroxylation is 2. The van der Waals surface area contributed by atoms with Crippen LogP contribution >= 0.6 is 12.2 Å². The van der Waals surface area contributed by atoms with Crippen molar-refractivity contribution < 1.29 is 9.21 Å². The molecule has 0 unspecified atom stereocenters. The number of hydrogen-bond acceptors (Lipinski definition) is 4. The molecular formula is C21H23N3O2S. The second-order valence-electron chi connectivity index (χ2n) is 6.66. The maximum absolute atomic E-state index is 11.6. The number of nitrogens with one attached hydrogen (secondary N) is 2. The van der Waals surface area contributed by atoms with Crippen LogP contribution in [-0.2, 0) is 11.2 Å². The van der Waals surface area contributed by atoms with Gasteiger partial charge in [0, 0.05) is 18.5 Å². The molecule has 0 atom stereocenters. The Hall–Kier alpha value is -2.73. The van der Waals surface area contributed by atoms with Crippen LogP contribution in [-0.4, -0.2) is 16.0 Å². The van der Waals surface area contributed by atoms with Gasteiger partial charge in [0.1, 0.15) is 5.52 Å². The van der Waals surface area contributed by atoms with Crippen molar-refractivity contribution in [1.82, 2.24) is 10.3 Å². The Morgan fingerprint density at radius 3 is 2.63 bits per heavy atom. The fourth-order valence-electron chi connectivity index (χ4n) is 2.96. The Morgan fingerprint density at radius 2 is 1.93 bits per heavy atom. The predicted octanol–water partition coefficient (Wildman–Crippen LogP) is 4.65. The molecule has 0 saturated carbocycles. The average Bonchev–Trinajstić information content (AvgIpc) is 2.99. The summed E-state index contributed by atoms with van der Waals surface area (Å²) >= 11 is 5.16. The van der Waals surface area contributed by atoms with Crippen molar-refractivity contribution in [1.29, 1.82) is 0 Å². The number of carbonyl (C=O) groups is 1. The highest BCUT2D eigenvalue weighted by atomic mass is 32.1. The average molecular weight is 382 g/mol. The fraction of sp³-hybridized carbons (Fsp3) is 0.286. The molecule has 3 aromatic rings. The van der Waals surface area contributed by atoms with Crippen LogP contribution in [0.1, 0.15) is 42.3 Å². The van der Waals surface area contributed by atoms with Crippen LogP contribution in [0.4, 0.5) is 5.69 Å². The molecule has 0 bridgehead atoms. The number of aromatic nitrogens is 1. The van der Waals surface area contributed by atoms with E-state index in [0.717, 1.165) is 34.3 Å². The monoisotopic (exact) mass is 381 g/mol. The van der Waals surface area contributed by atoms with E-state index < -0.39 is 0 Å². The molecule has 3 rings (SSSR count). The lowest BCUT2D eigenvalue weighted by Crippen LogP contribution is -2.33. The van der Waals surface area contributed by atoms with Gasteiger partial charge in [-0.25, -0.2) is 4.98 Å². The first-order valence-electron chi connectivity index (χ1n) is 9.01. The van der Waals surface area contributed by atoms with Crippen LogP contribution in [0.3, 0.4) is 0 Å². The van der Waals surface area contributed by atoms with E-state index in [1.165, 1.54) is 5.56 Å². The van der Waals surface area contributed by atoms with Crippen LogP contribution in [0.25, 0.3) is 11.1 Å². The molecule has 27 heavy (non-hydrogen) atoms. The van der Waals surface area contributed by atoms with E-state index in [0.29, 0.717) is 23.8 Å². The van der Waals surface area contributed by atoms with Gasteiger partial charge < -0.3 is 15.1 Å². The second-order valence-corrected chi connectivity index (χ2v) is 7.07. The molecule has 0 saturated heterocycles. The molecule has 2 aromatic carbocycles. The number of carbonyl (C=O) groups excluding carboxylic acids is 1. The zero-order valence-electron chi connectivity index (χ0n) is 15.8. The van der Waals surface area contributed by atoms with E-state index >= 15 is 0 Å². The third-order valence-electron chi connectivity index (χ3n) is 4.16. The van der Waals surface area contributed by atoms with Crippen molar-refractivity contribution in [2.45, 2.75) is 40.0 Å². The lowest BCUT2D eigenvalue weighted by Gasteiger charge is -2.09. The molecule has 1 aromatic heterocycles. The van der Waals surface area contributed by atoms with Crippen molar-refractivity contribution in [3.05, 3.63) is 59.0 Å². The zero-order chi connectivity index (χ0) is 19.4. The summed E-state index contributed by atoms with van der Waals surface area (Å²) in [6.45, 7) is 6.04. The molecule has 0 spiro atoms. The number of benzene rings is 2. The minimum atomic E-state index is -0.0758. The Morgan fingerprint density at radius 1 is 1.19 bits per heavy atom. The van der Waals surface area contributed by atoms with Gasteiger partial charge in [-0.1, -0.05) is 25.1 Å². The third-order valence-corrected chi connectivity index (χ3v) is 4.37. The molecule has 1 heterocycles. The summed E-state index contributed by atoms with van der Waals surface area (Å²) in [5.74, 6) is 0.620. The molecule has 0 fully saturated rings. The van der Waals surface area contributed by atoms with Gasteiger partial charge in [-0.2, -0.15) is 0 Å². The van der Waals surface area contributed by atoms with Gasteiger partial charge in [-0.3, -0.25) is 4.79 Å². The van der Waals surface area contributed by atoms with Gasteiger partial charge in [0.05, 0.1) is 0 Å². The van der Waals surface area contributed by atoms with Gasteiger partial charge >= 0.3 is 0 Å². The van der Waals surface area contributed by atoms with Crippen LogP contribution in [0.15, 0.2) is 40.8 Å². The number of nitrogens with zero attached hydrogens (tertiary/aromatic N) is 1. The van der Waals surface area contributed by atoms with Gasteiger partial charge in [-0.05, 0) is 67.4 Å². The van der Waals surface area contributed by atoms with E-state index in [9.17, 15) is 4.79 Å². The molecule has 0 aliphatic rings. The summed E-state index contributed by atoms with van der Waals surface area (Å²) in [7, 11) is 0. The number of hydrogen-bond donors (Lipinski definition) is 2. The third kappa shape index (κ3) is 4.92. The summed E-state index contributed by atoms with van der Waals surface area (Å²) in [6.07, 6.45) is 1.87. The van der Waals surface area contributed by atoms with Crippen molar-refractivity contribution in [3.8, 4) is 0 Å². The van der Waals surface area contributed by atoms with Crippen molar-refractivity contribution in [2.24, 2.45) is 0 Å². The molecule has 0 aliphatic heterocycles. The van der Waals surface area contributed by atoms with Gasteiger partial charge in [0.2, 0.25) is 5.91 Å². The van der Waals surface area contributed by atoms with Crippen LogP contribution in [0, 0.1) is 13.8 Å². The van der Waals surface area contributed by atoms with Crippen LogP contribution in [0.2, 0.25) is 0 Å². The minimum absolute atomic E-state index is 0.0758. The number of anilines is 1. The van der Waals surface area contributed by atoms with Gasteiger partial charge in [0.25, 0.3) is 0 Å². The maximum Gasteiger partial charge on any atom is 0.226 e. The second kappa shape index (κ2) is 8.31. The Bertz CT molecular complexity index is 977. The highest BCUT2D eigenvalue weighted by Gasteiger charge is 2.10. The molecule has 0 radical (unpaired) electrons. The Kier molecular flexibility index (Phi) is 5.86. The molecule has 140 valence electrons. The van der Waals surface area contributed by atoms with Crippen molar-refractivity contribution in [2.75, 3.05) is 5.32 Å². The number of amides is 1. The molecule has 5 nitrogen and oxygen atoms in total. The first-order chi connectivity index (χ1) is 12.9. The first kappa shape index (κ1) is 19.0. The standard InChI is InChI=1S/C21H23N3O2S/c1-4-5-18(25)24-21(27)22-16-8-6-15(7-9-16)12-19-23-17-11-13(2)10-14(3)20(17)26-19/h6-11H,4-5,12H2,1-3H3,(H2,22,24,25,27). The number of fused-ring (bicyclic) bond motifs is 1. The smallest absolute Gasteiger partial charge is 0.226 e. The SMILES string of the molecule is CCCC(=O)NC(=S)Nc1ccc(Cc2nc3cc(C)cc(C)c3o2)cc1. The first-order valence-corrected chi connectivity index (χ1v) is 9.42. The van der Waals surface area contributed by atoms with E-state index in [1.54, 1.807) is 0 Å². The Labute approximate surface area is 164 Å². The predicted molar refractivity (Wildman–Crippen MR) is 112 cm³/mol. The van der Waals surface area contributed by atoms with Gasteiger partial charge in [0.15, 0.2) is 16.6 Å². The van der Waals surface area contributed by atoms with Gasteiger partial charge in [-0.15, -0.1) is 0 Å². The molecule has 6 heteroatoms. The summed E-state index contributed by atoms with van der Waals surface area (Å²) in [5.41, 5.74) is 5.93. The number of thiocarbonyl (C=S) groups is 1. The van der Waals surface area contributed by atoms with Crippen LogP contribution in [0.5, 0.6) is 0 Å². The van der Waals surface area contributed by atoms with E-state index in [-0.39, 0.29) is 5.91 Å². The molecule has 2 N–H and O–H groups in total. The molecular weight excluding hydrogens is 358 g/mol. The maximum atomic E-state index is 11.6.